The number of ether oxygens (including phenoxy) is 3. The van der Waals surface area contributed by atoms with E-state index in [0.717, 1.165) is 42.4 Å². The molecule has 1 N–H and O–H groups in total. The zero-order valence-electron chi connectivity index (χ0n) is 22.5. The van der Waals surface area contributed by atoms with E-state index in [2.05, 4.69) is 5.32 Å². The maximum atomic E-state index is 13.2. The van der Waals surface area contributed by atoms with Crippen LogP contribution in [0.2, 0.25) is 0 Å². The van der Waals surface area contributed by atoms with Crippen molar-refractivity contribution in [2.24, 2.45) is 0 Å². The summed E-state index contributed by atoms with van der Waals surface area (Å²) < 4.78 is 16.4. The van der Waals surface area contributed by atoms with E-state index in [1.165, 1.54) is 0 Å². The molecule has 200 valence electrons. The van der Waals surface area contributed by atoms with E-state index in [0.29, 0.717) is 0 Å². The van der Waals surface area contributed by atoms with Crippen LogP contribution >= 0.6 is 0 Å². The van der Waals surface area contributed by atoms with Crippen molar-refractivity contribution in [3.8, 4) is 0 Å². The largest absolute Gasteiger partial charge is 0.464 e. The summed E-state index contributed by atoms with van der Waals surface area (Å²) in [6.45, 7) is 9.51. The second kappa shape index (κ2) is 12.3. The molecule has 1 saturated carbocycles. The Balaban J connectivity index is 1.76. The summed E-state index contributed by atoms with van der Waals surface area (Å²) in [5.41, 5.74) is 1.38. The van der Waals surface area contributed by atoms with E-state index in [9.17, 15) is 14.4 Å². The van der Waals surface area contributed by atoms with Crippen molar-refractivity contribution >= 4 is 18.0 Å². The molecule has 1 fully saturated rings. The van der Waals surface area contributed by atoms with Crippen LogP contribution in [0.1, 0.15) is 82.9 Å². The molecule has 1 aliphatic rings. The van der Waals surface area contributed by atoms with Crippen molar-refractivity contribution in [1.29, 1.82) is 0 Å². The first-order valence-electron chi connectivity index (χ1n) is 13.0. The second-order valence-electron chi connectivity index (χ2n) is 10.6. The van der Waals surface area contributed by atoms with Crippen LogP contribution in [-0.2, 0) is 35.8 Å². The van der Waals surface area contributed by atoms with E-state index in [1.54, 1.807) is 6.92 Å². The van der Waals surface area contributed by atoms with Crippen molar-refractivity contribution in [2.45, 2.75) is 89.9 Å². The molecule has 2 unspecified atom stereocenters. The third kappa shape index (κ3) is 7.34. The van der Waals surface area contributed by atoms with Crippen molar-refractivity contribution in [3.05, 3.63) is 71.3 Å². The van der Waals surface area contributed by atoms with Crippen molar-refractivity contribution in [1.82, 2.24) is 5.32 Å². The summed E-state index contributed by atoms with van der Waals surface area (Å²) in [4.78, 5) is 38.5. The summed E-state index contributed by atoms with van der Waals surface area (Å²) >= 11 is 0. The van der Waals surface area contributed by atoms with Crippen LogP contribution in [0.5, 0.6) is 0 Å². The summed E-state index contributed by atoms with van der Waals surface area (Å²) in [5.74, 6) is -1.11. The Bertz CT molecular complexity index is 1050. The Morgan fingerprint density at radius 2 is 1.57 bits per heavy atom. The number of nitrogens with one attached hydrogen (secondary N) is 1. The number of carbonyl (C=O) groups is 3. The maximum absolute atomic E-state index is 13.2. The molecule has 0 heterocycles. The molecule has 1 aliphatic carbocycles. The molecule has 2 atom stereocenters. The van der Waals surface area contributed by atoms with Crippen molar-refractivity contribution in [3.63, 3.8) is 0 Å². The minimum Gasteiger partial charge on any atom is -0.464 e. The fraction of sp³-hybridized carbons (Fsp3) is 0.500. The molecular formula is C30H39NO6. The Labute approximate surface area is 219 Å². The zero-order valence-corrected chi connectivity index (χ0v) is 22.5. The van der Waals surface area contributed by atoms with Gasteiger partial charge in [-0.2, -0.15) is 0 Å². The van der Waals surface area contributed by atoms with Crippen LogP contribution in [0, 0.1) is 0 Å². The molecule has 0 aliphatic heterocycles. The zero-order chi connectivity index (χ0) is 27.1. The Morgan fingerprint density at radius 1 is 0.946 bits per heavy atom. The Hall–Kier alpha value is -3.35. The Kier molecular flexibility index (Phi) is 9.35. The van der Waals surface area contributed by atoms with Crippen LogP contribution < -0.4 is 5.32 Å². The standard InChI is InChI=1S/C30H39NO6/c1-6-35-26(32)25(31-28(34)36-20-22-12-8-7-9-13-22)21(2)23-14-16-24(17-15-23)30(18-10-11-19-30)27(33)37-29(3,4)5/h7-9,12-17,21,25H,6,10-11,18-20H2,1-5H3,(H,31,34). The minimum atomic E-state index is -0.930. The second-order valence-corrected chi connectivity index (χ2v) is 10.6. The number of alkyl carbamates (subject to hydrolysis) is 1. The maximum Gasteiger partial charge on any atom is 0.408 e. The lowest BCUT2D eigenvalue weighted by atomic mass is 9.78. The highest BCUT2D eigenvalue weighted by atomic mass is 16.6. The smallest absolute Gasteiger partial charge is 0.408 e. The summed E-state index contributed by atoms with van der Waals surface area (Å²) in [5, 5.41) is 2.68. The third-order valence-corrected chi connectivity index (χ3v) is 6.76. The number of carbonyl (C=O) groups excluding carboxylic acids is 3. The van der Waals surface area contributed by atoms with Crippen LogP contribution in [0.4, 0.5) is 4.79 Å². The molecule has 0 bridgehead atoms. The number of rotatable bonds is 9. The quantitative estimate of drug-likeness (QED) is 0.339. The van der Waals surface area contributed by atoms with Gasteiger partial charge in [0.05, 0.1) is 12.0 Å². The molecule has 2 aromatic carbocycles. The lowest BCUT2D eigenvalue weighted by molar-refractivity contribution is -0.162. The van der Waals surface area contributed by atoms with Gasteiger partial charge in [-0.3, -0.25) is 4.79 Å². The van der Waals surface area contributed by atoms with Gasteiger partial charge in [0.1, 0.15) is 18.2 Å². The number of amides is 1. The SMILES string of the molecule is CCOC(=O)C(NC(=O)OCc1ccccc1)C(C)c1ccc(C2(C(=O)OC(C)(C)C)CCCC2)cc1. The number of hydrogen-bond donors (Lipinski definition) is 1. The van der Waals surface area contributed by atoms with E-state index in [1.807, 2.05) is 82.3 Å². The molecule has 3 rings (SSSR count). The summed E-state index contributed by atoms with van der Waals surface area (Å²) in [6, 6.07) is 16.1. The third-order valence-electron chi connectivity index (χ3n) is 6.76. The van der Waals surface area contributed by atoms with Crippen LogP contribution in [0.15, 0.2) is 54.6 Å². The lowest BCUT2D eigenvalue weighted by Crippen LogP contribution is -2.45. The highest BCUT2D eigenvalue weighted by Gasteiger charge is 2.45. The average Bonchev–Trinajstić information content (AvgIpc) is 3.37. The first-order valence-corrected chi connectivity index (χ1v) is 13.0. The van der Waals surface area contributed by atoms with Gasteiger partial charge in [-0.1, -0.05) is 74.4 Å². The highest BCUT2D eigenvalue weighted by molar-refractivity contribution is 5.84. The number of esters is 2. The predicted octanol–water partition coefficient (Wildman–Crippen LogP) is 5.80. The Morgan fingerprint density at radius 3 is 2.14 bits per heavy atom. The summed E-state index contributed by atoms with van der Waals surface area (Å²) in [6.07, 6.45) is 2.74. The van der Waals surface area contributed by atoms with E-state index in [-0.39, 0.29) is 19.2 Å². The van der Waals surface area contributed by atoms with Gasteiger partial charge in [-0.05, 0) is 57.2 Å². The number of hydrogen-bond acceptors (Lipinski definition) is 6. The fourth-order valence-corrected chi connectivity index (χ4v) is 4.77. The van der Waals surface area contributed by atoms with Gasteiger partial charge in [0.25, 0.3) is 0 Å². The summed E-state index contributed by atoms with van der Waals surface area (Å²) in [7, 11) is 0. The number of benzene rings is 2. The average molecular weight is 510 g/mol. The fourth-order valence-electron chi connectivity index (χ4n) is 4.77. The first-order chi connectivity index (χ1) is 17.6. The van der Waals surface area contributed by atoms with Crippen LogP contribution in [0.25, 0.3) is 0 Å². The van der Waals surface area contributed by atoms with E-state index in [4.69, 9.17) is 14.2 Å². The first kappa shape index (κ1) is 28.2. The topological polar surface area (TPSA) is 90.9 Å². The molecule has 0 saturated heterocycles. The van der Waals surface area contributed by atoms with Crippen molar-refractivity contribution < 1.29 is 28.6 Å². The van der Waals surface area contributed by atoms with Crippen molar-refractivity contribution in [2.75, 3.05) is 6.61 Å². The monoisotopic (exact) mass is 509 g/mol. The molecule has 0 radical (unpaired) electrons. The van der Waals surface area contributed by atoms with E-state index >= 15 is 0 Å². The van der Waals surface area contributed by atoms with Gasteiger partial charge in [0, 0.05) is 5.92 Å². The van der Waals surface area contributed by atoms with Crippen LogP contribution in [-0.4, -0.2) is 36.3 Å². The van der Waals surface area contributed by atoms with Gasteiger partial charge in [0.2, 0.25) is 0 Å². The molecular weight excluding hydrogens is 470 g/mol. The lowest BCUT2D eigenvalue weighted by Gasteiger charge is -2.32. The molecule has 0 aromatic heterocycles. The van der Waals surface area contributed by atoms with Gasteiger partial charge in [0.15, 0.2) is 0 Å². The van der Waals surface area contributed by atoms with Gasteiger partial charge < -0.3 is 19.5 Å². The predicted molar refractivity (Wildman–Crippen MR) is 141 cm³/mol. The molecule has 0 spiro atoms. The molecule has 2 aromatic rings. The van der Waals surface area contributed by atoms with Gasteiger partial charge >= 0.3 is 18.0 Å². The molecule has 1 amide bonds. The highest BCUT2D eigenvalue weighted by Crippen LogP contribution is 2.43. The normalized spacial score (nSPS) is 16.4. The molecule has 7 heteroatoms. The molecule has 7 nitrogen and oxygen atoms in total. The minimum absolute atomic E-state index is 0.0953. The van der Waals surface area contributed by atoms with Gasteiger partial charge in [-0.25, -0.2) is 9.59 Å². The molecule has 37 heavy (non-hydrogen) atoms. The van der Waals surface area contributed by atoms with Gasteiger partial charge in [-0.15, -0.1) is 0 Å². The van der Waals surface area contributed by atoms with E-state index < -0.39 is 35.0 Å². The van der Waals surface area contributed by atoms with Crippen LogP contribution in [0.3, 0.4) is 0 Å².